The maximum Gasteiger partial charge on any atom is 0.0576 e. The van der Waals surface area contributed by atoms with Crippen LogP contribution in [0.15, 0.2) is 22.7 Å². The summed E-state index contributed by atoms with van der Waals surface area (Å²) in [4.78, 5) is 0. The molecule has 2 rings (SSSR count). The zero-order chi connectivity index (χ0) is 9.47. The summed E-state index contributed by atoms with van der Waals surface area (Å²) in [6.45, 7) is 0. The Morgan fingerprint density at radius 2 is 2.15 bits per heavy atom. The van der Waals surface area contributed by atoms with Crippen LogP contribution in [0.3, 0.4) is 0 Å². The van der Waals surface area contributed by atoms with Gasteiger partial charge in [-0.2, -0.15) is 0 Å². The number of halogens is 2. The molecule has 1 aromatic carbocycles. The highest BCUT2D eigenvalue weighted by Crippen LogP contribution is 2.50. The fourth-order valence-corrected chi connectivity index (χ4v) is 2.35. The number of benzene rings is 1. The molecule has 0 unspecified atom stereocenters. The van der Waals surface area contributed by atoms with E-state index in [2.05, 4.69) is 21.9 Å². The van der Waals surface area contributed by atoms with Crippen molar-refractivity contribution < 1.29 is 0 Å². The molecule has 1 aromatic rings. The first kappa shape index (κ1) is 9.12. The van der Waals surface area contributed by atoms with Crippen LogP contribution in [0.25, 0.3) is 0 Å². The molecule has 0 amide bonds. The van der Waals surface area contributed by atoms with Crippen LogP contribution in [0.1, 0.15) is 18.4 Å². The van der Waals surface area contributed by atoms with Crippen molar-refractivity contribution in [2.24, 2.45) is 0 Å². The van der Waals surface area contributed by atoms with Crippen LogP contribution >= 0.6 is 27.5 Å². The molecule has 1 fully saturated rings. The third kappa shape index (κ3) is 1.49. The van der Waals surface area contributed by atoms with Crippen LogP contribution in [0.2, 0.25) is 5.02 Å². The molecule has 0 radical (unpaired) electrons. The second-order valence-electron chi connectivity index (χ2n) is 3.35. The number of hydrogen-bond donors (Lipinski definition) is 0. The predicted octanol–water partition coefficient (Wildman–Crippen LogP) is 3.77. The maximum atomic E-state index is 6.11. The Bertz CT molecular complexity index is 386. The first-order valence-corrected chi connectivity index (χ1v) is 5.28. The number of hydrogen-bond acceptors (Lipinski definition) is 0. The topological polar surface area (TPSA) is 0 Å². The Morgan fingerprint density at radius 1 is 1.46 bits per heavy atom. The second kappa shape index (κ2) is 3.04. The fraction of sp³-hybridized carbons (Fsp3) is 0.273. The lowest BCUT2D eigenvalue weighted by atomic mass is 9.97. The van der Waals surface area contributed by atoms with E-state index >= 15 is 0 Å². The van der Waals surface area contributed by atoms with Crippen LogP contribution < -0.4 is 0 Å². The van der Waals surface area contributed by atoms with Crippen LogP contribution in [0.5, 0.6) is 0 Å². The summed E-state index contributed by atoms with van der Waals surface area (Å²) in [6, 6.07) is 5.90. The van der Waals surface area contributed by atoms with Gasteiger partial charge in [-0.1, -0.05) is 39.5 Å². The largest absolute Gasteiger partial charge is 0.119 e. The van der Waals surface area contributed by atoms with Crippen molar-refractivity contribution in [3.05, 3.63) is 33.3 Å². The van der Waals surface area contributed by atoms with Gasteiger partial charge in [-0.05, 0) is 30.5 Å². The zero-order valence-electron chi connectivity index (χ0n) is 6.98. The third-order valence-electron chi connectivity index (χ3n) is 2.47. The lowest BCUT2D eigenvalue weighted by Gasteiger charge is -2.10. The monoisotopic (exact) mass is 254 g/mol. The summed E-state index contributed by atoms with van der Waals surface area (Å²) in [6.07, 6.45) is 7.61. The van der Waals surface area contributed by atoms with Crippen molar-refractivity contribution in [3.8, 4) is 12.3 Å². The molecule has 2 heteroatoms. The molecule has 0 aromatic heterocycles. The average molecular weight is 256 g/mol. The highest BCUT2D eigenvalue weighted by Gasteiger charge is 2.43. The van der Waals surface area contributed by atoms with Gasteiger partial charge in [-0.15, -0.1) is 6.42 Å². The lowest BCUT2D eigenvalue weighted by Crippen LogP contribution is -2.02. The molecule has 0 nitrogen and oxygen atoms in total. The molecular formula is C11H8BrCl. The predicted molar refractivity (Wildman–Crippen MR) is 58.9 cm³/mol. The molecule has 0 N–H and O–H groups in total. The summed E-state index contributed by atoms with van der Waals surface area (Å²) in [7, 11) is 0. The Hall–Kier alpha value is -0.450. The van der Waals surface area contributed by atoms with E-state index in [1.807, 2.05) is 18.2 Å². The van der Waals surface area contributed by atoms with E-state index in [0.717, 1.165) is 27.9 Å². The molecule has 0 spiro atoms. The molecule has 13 heavy (non-hydrogen) atoms. The molecule has 0 saturated heterocycles. The van der Waals surface area contributed by atoms with Gasteiger partial charge >= 0.3 is 0 Å². The number of rotatable bonds is 1. The van der Waals surface area contributed by atoms with Crippen molar-refractivity contribution in [1.82, 2.24) is 0 Å². The first-order chi connectivity index (χ1) is 6.18. The van der Waals surface area contributed by atoms with E-state index in [9.17, 15) is 0 Å². The summed E-state index contributed by atoms with van der Waals surface area (Å²) in [5.74, 6) is 2.83. The van der Waals surface area contributed by atoms with E-state index in [1.165, 1.54) is 0 Å². The van der Waals surface area contributed by atoms with Crippen LogP contribution in [-0.2, 0) is 5.41 Å². The van der Waals surface area contributed by atoms with E-state index in [1.54, 1.807) is 0 Å². The average Bonchev–Trinajstić information content (AvgIpc) is 2.85. The van der Waals surface area contributed by atoms with Crippen LogP contribution in [0, 0.1) is 12.3 Å². The molecule has 1 aliphatic carbocycles. The fourth-order valence-electron chi connectivity index (χ4n) is 1.49. The molecule has 0 heterocycles. The molecule has 0 atom stereocenters. The van der Waals surface area contributed by atoms with Gasteiger partial charge in [0.05, 0.1) is 5.41 Å². The smallest absolute Gasteiger partial charge is 0.0576 e. The van der Waals surface area contributed by atoms with Gasteiger partial charge in [0.2, 0.25) is 0 Å². The highest BCUT2D eigenvalue weighted by molar-refractivity contribution is 9.10. The molecule has 0 aliphatic heterocycles. The van der Waals surface area contributed by atoms with E-state index in [0.29, 0.717) is 0 Å². The second-order valence-corrected chi connectivity index (χ2v) is 4.67. The van der Waals surface area contributed by atoms with Crippen molar-refractivity contribution in [3.63, 3.8) is 0 Å². The molecule has 1 aliphatic rings. The summed E-state index contributed by atoms with van der Waals surface area (Å²) in [5.41, 5.74) is 1.04. The van der Waals surface area contributed by atoms with Crippen molar-refractivity contribution in [1.29, 1.82) is 0 Å². The summed E-state index contributed by atoms with van der Waals surface area (Å²) in [5, 5.41) is 0.768. The standard InChI is InChI=1S/C11H8BrCl/c1-2-11(5-6-11)9-4-3-8(12)7-10(9)13/h1,3-4,7H,5-6H2. The van der Waals surface area contributed by atoms with Crippen molar-refractivity contribution in [2.45, 2.75) is 18.3 Å². The Labute approximate surface area is 91.4 Å². The number of terminal acetylenes is 1. The van der Waals surface area contributed by atoms with E-state index in [-0.39, 0.29) is 5.41 Å². The Balaban J connectivity index is 2.48. The molecule has 1 saturated carbocycles. The normalized spacial score (nSPS) is 17.9. The molecule has 66 valence electrons. The van der Waals surface area contributed by atoms with E-state index < -0.39 is 0 Å². The maximum absolute atomic E-state index is 6.11. The van der Waals surface area contributed by atoms with Gasteiger partial charge in [0.25, 0.3) is 0 Å². The SMILES string of the molecule is C#CC1(c2ccc(Br)cc2Cl)CC1. The Kier molecular flexibility index (Phi) is 2.14. The molecule has 0 bridgehead atoms. The zero-order valence-corrected chi connectivity index (χ0v) is 9.32. The minimum absolute atomic E-state index is 0.0578. The van der Waals surface area contributed by atoms with Crippen LogP contribution in [-0.4, -0.2) is 0 Å². The van der Waals surface area contributed by atoms with Gasteiger partial charge in [-0.25, -0.2) is 0 Å². The van der Waals surface area contributed by atoms with Gasteiger partial charge in [0.15, 0.2) is 0 Å². The van der Waals surface area contributed by atoms with Crippen molar-refractivity contribution >= 4 is 27.5 Å². The quantitative estimate of drug-likeness (QED) is 0.670. The third-order valence-corrected chi connectivity index (χ3v) is 3.28. The minimum atomic E-state index is -0.0578. The molecular weight excluding hydrogens is 247 g/mol. The van der Waals surface area contributed by atoms with Crippen LogP contribution in [0.4, 0.5) is 0 Å². The van der Waals surface area contributed by atoms with Gasteiger partial charge < -0.3 is 0 Å². The summed E-state index contributed by atoms with van der Waals surface area (Å²) < 4.78 is 0.995. The Morgan fingerprint density at radius 3 is 2.62 bits per heavy atom. The summed E-state index contributed by atoms with van der Waals surface area (Å²) >= 11 is 9.48. The lowest BCUT2D eigenvalue weighted by molar-refractivity contribution is 0.931. The van der Waals surface area contributed by atoms with Gasteiger partial charge in [0.1, 0.15) is 0 Å². The van der Waals surface area contributed by atoms with Gasteiger partial charge in [0, 0.05) is 9.50 Å². The van der Waals surface area contributed by atoms with Crippen molar-refractivity contribution in [2.75, 3.05) is 0 Å². The van der Waals surface area contributed by atoms with E-state index in [4.69, 9.17) is 18.0 Å². The van der Waals surface area contributed by atoms with Gasteiger partial charge in [-0.3, -0.25) is 0 Å². The highest BCUT2D eigenvalue weighted by atomic mass is 79.9. The minimum Gasteiger partial charge on any atom is -0.119 e. The first-order valence-electron chi connectivity index (χ1n) is 4.11.